The van der Waals surface area contributed by atoms with Crippen LogP contribution in [0.5, 0.6) is 0 Å². The number of benzene rings is 1. The molecule has 1 aromatic heterocycles. The molecular formula is C14H17N3OS. The molecule has 1 unspecified atom stereocenters. The molecule has 100 valence electrons. The van der Waals surface area contributed by atoms with Gasteiger partial charge in [0.05, 0.1) is 17.2 Å². The van der Waals surface area contributed by atoms with Crippen LogP contribution in [0.25, 0.3) is 0 Å². The molecule has 5 heteroatoms. The number of hydrogen-bond acceptors (Lipinski definition) is 4. The molecule has 1 heterocycles. The van der Waals surface area contributed by atoms with Crippen molar-refractivity contribution >= 4 is 22.9 Å². The zero-order valence-corrected chi connectivity index (χ0v) is 12.0. The van der Waals surface area contributed by atoms with Gasteiger partial charge in [-0.3, -0.25) is 4.79 Å². The summed E-state index contributed by atoms with van der Waals surface area (Å²) in [4.78, 5) is 15.9. The topological polar surface area (TPSA) is 54.0 Å². The van der Waals surface area contributed by atoms with Gasteiger partial charge in [0.15, 0.2) is 0 Å². The van der Waals surface area contributed by atoms with E-state index in [9.17, 15) is 4.79 Å². The Balaban J connectivity index is 2.22. The van der Waals surface area contributed by atoms with Gasteiger partial charge in [0.25, 0.3) is 5.91 Å². The standard InChI is InChI=1S/C14H17N3OS/c1-9-4-5-11(14(18)15-3)6-12(9)17-10(2)13-7-19-8-16-13/h4-8,10,17H,1-3H3,(H,15,18). The molecule has 2 rings (SSSR count). The smallest absolute Gasteiger partial charge is 0.251 e. The van der Waals surface area contributed by atoms with E-state index < -0.39 is 0 Å². The van der Waals surface area contributed by atoms with Crippen molar-refractivity contribution in [2.45, 2.75) is 19.9 Å². The van der Waals surface area contributed by atoms with Gasteiger partial charge in [-0.05, 0) is 31.5 Å². The number of nitrogens with one attached hydrogen (secondary N) is 2. The van der Waals surface area contributed by atoms with Crippen LogP contribution >= 0.6 is 11.3 Å². The van der Waals surface area contributed by atoms with Crippen LogP contribution in [0, 0.1) is 6.92 Å². The quantitative estimate of drug-likeness (QED) is 0.902. The predicted molar refractivity (Wildman–Crippen MR) is 78.7 cm³/mol. The fourth-order valence-electron chi connectivity index (χ4n) is 1.81. The Morgan fingerprint density at radius 2 is 2.21 bits per heavy atom. The van der Waals surface area contributed by atoms with Crippen LogP contribution in [-0.2, 0) is 0 Å². The molecule has 19 heavy (non-hydrogen) atoms. The lowest BCUT2D eigenvalue weighted by Crippen LogP contribution is -2.18. The van der Waals surface area contributed by atoms with E-state index in [-0.39, 0.29) is 11.9 Å². The lowest BCUT2D eigenvalue weighted by molar-refractivity contribution is 0.0963. The molecule has 0 aliphatic rings. The molecule has 0 saturated heterocycles. The van der Waals surface area contributed by atoms with E-state index in [0.29, 0.717) is 5.56 Å². The van der Waals surface area contributed by atoms with Gasteiger partial charge in [-0.15, -0.1) is 11.3 Å². The monoisotopic (exact) mass is 275 g/mol. The minimum Gasteiger partial charge on any atom is -0.377 e. The summed E-state index contributed by atoms with van der Waals surface area (Å²) in [5.74, 6) is -0.0793. The van der Waals surface area contributed by atoms with Crippen molar-refractivity contribution in [2.24, 2.45) is 0 Å². The van der Waals surface area contributed by atoms with Gasteiger partial charge in [-0.1, -0.05) is 6.07 Å². The molecule has 0 fully saturated rings. The summed E-state index contributed by atoms with van der Waals surface area (Å²) in [6.07, 6.45) is 0. The van der Waals surface area contributed by atoms with E-state index in [1.807, 2.05) is 36.0 Å². The third-order valence-corrected chi connectivity index (χ3v) is 3.60. The van der Waals surface area contributed by atoms with Gasteiger partial charge >= 0.3 is 0 Å². The normalized spacial score (nSPS) is 11.9. The molecular weight excluding hydrogens is 258 g/mol. The SMILES string of the molecule is CNC(=O)c1ccc(C)c(NC(C)c2cscn2)c1. The summed E-state index contributed by atoms with van der Waals surface area (Å²) in [5.41, 5.74) is 5.55. The van der Waals surface area contributed by atoms with Crippen LogP contribution < -0.4 is 10.6 Å². The van der Waals surface area contributed by atoms with Crippen molar-refractivity contribution in [1.82, 2.24) is 10.3 Å². The first-order valence-corrected chi connectivity index (χ1v) is 7.03. The van der Waals surface area contributed by atoms with Crippen LogP contribution in [0.15, 0.2) is 29.1 Å². The number of aryl methyl sites for hydroxylation is 1. The second-order valence-electron chi connectivity index (χ2n) is 4.39. The maximum Gasteiger partial charge on any atom is 0.251 e. The number of amides is 1. The molecule has 2 N–H and O–H groups in total. The first-order valence-electron chi connectivity index (χ1n) is 6.09. The molecule has 1 amide bonds. The van der Waals surface area contributed by atoms with Gasteiger partial charge in [-0.25, -0.2) is 4.98 Å². The average Bonchev–Trinajstić information content (AvgIpc) is 2.94. The Labute approximate surface area is 116 Å². The third kappa shape index (κ3) is 3.12. The van der Waals surface area contributed by atoms with Crippen molar-refractivity contribution in [3.05, 3.63) is 45.9 Å². The molecule has 2 aromatic rings. The van der Waals surface area contributed by atoms with E-state index in [4.69, 9.17) is 0 Å². The fraction of sp³-hybridized carbons (Fsp3) is 0.286. The Kier molecular flexibility index (Phi) is 4.16. The first-order chi connectivity index (χ1) is 9.11. The molecule has 1 atom stereocenters. The first kappa shape index (κ1) is 13.5. The van der Waals surface area contributed by atoms with E-state index in [1.165, 1.54) is 0 Å². The highest BCUT2D eigenvalue weighted by Gasteiger charge is 2.11. The minimum absolute atomic E-state index is 0.0793. The van der Waals surface area contributed by atoms with E-state index in [1.54, 1.807) is 18.4 Å². The lowest BCUT2D eigenvalue weighted by Gasteiger charge is -2.16. The van der Waals surface area contributed by atoms with Gasteiger partial charge in [0.2, 0.25) is 0 Å². The van der Waals surface area contributed by atoms with Gasteiger partial charge < -0.3 is 10.6 Å². The maximum absolute atomic E-state index is 11.6. The highest BCUT2D eigenvalue weighted by atomic mass is 32.1. The van der Waals surface area contributed by atoms with E-state index in [0.717, 1.165) is 16.9 Å². The molecule has 0 spiro atoms. The van der Waals surface area contributed by atoms with E-state index in [2.05, 4.69) is 22.5 Å². The van der Waals surface area contributed by atoms with Crippen molar-refractivity contribution in [2.75, 3.05) is 12.4 Å². The fourth-order valence-corrected chi connectivity index (χ4v) is 2.45. The number of carbonyl (C=O) groups excluding carboxylic acids is 1. The van der Waals surface area contributed by atoms with E-state index >= 15 is 0 Å². The number of nitrogens with zero attached hydrogens (tertiary/aromatic N) is 1. The summed E-state index contributed by atoms with van der Waals surface area (Å²) >= 11 is 1.58. The van der Waals surface area contributed by atoms with Gasteiger partial charge in [0, 0.05) is 23.7 Å². The number of aromatic nitrogens is 1. The van der Waals surface area contributed by atoms with Crippen LogP contribution in [-0.4, -0.2) is 17.9 Å². The average molecular weight is 275 g/mol. The highest BCUT2D eigenvalue weighted by molar-refractivity contribution is 7.07. The van der Waals surface area contributed by atoms with Crippen LogP contribution in [0.2, 0.25) is 0 Å². The molecule has 0 bridgehead atoms. The second-order valence-corrected chi connectivity index (χ2v) is 5.11. The van der Waals surface area contributed by atoms with Crippen molar-refractivity contribution in [1.29, 1.82) is 0 Å². The zero-order chi connectivity index (χ0) is 13.8. The number of anilines is 1. The summed E-state index contributed by atoms with van der Waals surface area (Å²) < 4.78 is 0. The highest BCUT2D eigenvalue weighted by Crippen LogP contribution is 2.23. The summed E-state index contributed by atoms with van der Waals surface area (Å²) in [6.45, 7) is 4.07. The molecule has 0 radical (unpaired) electrons. The van der Waals surface area contributed by atoms with Crippen molar-refractivity contribution < 1.29 is 4.79 Å². The number of carbonyl (C=O) groups is 1. The summed E-state index contributed by atoms with van der Waals surface area (Å²) in [7, 11) is 1.63. The summed E-state index contributed by atoms with van der Waals surface area (Å²) in [6, 6.07) is 5.76. The van der Waals surface area contributed by atoms with Gasteiger partial charge in [-0.2, -0.15) is 0 Å². The molecule has 0 saturated carbocycles. The number of hydrogen-bond donors (Lipinski definition) is 2. The lowest BCUT2D eigenvalue weighted by atomic mass is 10.1. The Morgan fingerprint density at radius 1 is 1.42 bits per heavy atom. The van der Waals surface area contributed by atoms with Crippen LogP contribution in [0.1, 0.15) is 34.6 Å². The summed E-state index contributed by atoms with van der Waals surface area (Å²) in [5, 5.41) is 8.05. The Hall–Kier alpha value is -1.88. The second kappa shape index (κ2) is 5.84. The molecule has 1 aromatic carbocycles. The number of thiazole rings is 1. The minimum atomic E-state index is -0.0793. The third-order valence-electron chi connectivity index (χ3n) is 2.99. The Morgan fingerprint density at radius 3 is 2.84 bits per heavy atom. The predicted octanol–water partition coefficient (Wildman–Crippen LogP) is 2.98. The van der Waals surface area contributed by atoms with Crippen molar-refractivity contribution in [3.8, 4) is 0 Å². The maximum atomic E-state index is 11.6. The largest absolute Gasteiger partial charge is 0.377 e. The Bertz CT molecular complexity index is 566. The molecule has 0 aliphatic carbocycles. The zero-order valence-electron chi connectivity index (χ0n) is 11.2. The van der Waals surface area contributed by atoms with Crippen molar-refractivity contribution in [3.63, 3.8) is 0 Å². The van der Waals surface area contributed by atoms with Gasteiger partial charge in [0.1, 0.15) is 0 Å². The van der Waals surface area contributed by atoms with Crippen LogP contribution in [0.3, 0.4) is 0 Å². The molecule has 4 nitrogen and oxygen atoms in total. The van der Waals surface area contributed by atoms with Crippen LogP contribution in [0.4, 0.5) is 5.69 Å². The molecule has 0 aliphatic heterocycles. The number of rotatable bonds is 4.